The highest BCUT2D eigenvalue weighted by Gasteiger charge is 2.18. The number of ether oxygens (including phenoxy) is 2. The molecule has 1 N–H and O–H groups in total. The van der Waals surface area contributed by atoms with Crippen LogP contribution >= 0.6 is 0 Å². The average Bonchev–Trinajstić information content (AvgIpc) is 2.25. The predicted octanol–water partition coefficient (Wildman–Crippen LogP) is 1.61. The Morgan fingerprint density at radius 3 is 2.73 bits per heavy atom. The van der Waals surface area contributed by atoms with Crippen LogP contribution in [0.4, 0.5) is 0 Å². The zero-order chi connectivity index (χ0) is 10.8. The van der Waals surface area contributed by atoms with Crippen LogP contribution in [0.5, 0.6) is 11.5 Å². The van der Waals surface area contributed by atoms with Crippen molar-refractivity contribution in [1.82, 2.24) is 0 Å². The lowest BCUT2D eigenvalue weighted by Crippen LogP contribution is -2.18. The number of aryl methyl sites for hydroxylation is 1. The summed E-state index contributed by atoms with van der Waals surface area (Å²) in [5.74, 6) is 1.63. The van der Waals surface area contributed by atoms with Crippen molar-refractivity contribution in [3.05, 3.63) is 22.8 Å². The molecule has 0 radical (unpaired) electrons. The van der Waals surface area contributed by atoms with Gasteiger partial charge in [0, 0.05) is 12.2 Å². The van der Waals surface area contributed by atoms with Crippen LogP contribution in [0.15, 0.2) is 6.07 Å². The Morgan fingerprint density at radius 1 is 1.27 bits per heavy atom. The Hall–Kier alpha value is -1.22. The first kappa shape index (κ1) is 10.3. The van der Waals surface area contributed by atoms with Crippen LogP contribution in [0.2, 0.25) is 0 Å². The van der Waals surface area contributed by atoms with Crippen LogP contribution in [0.3, 0.4) is 0 Å². The van der Waals surface area contributed by atoms with Gasteiger partial charge in [-0.15, -0.1) is 0 Å². The third-order valence-electron chi connectivity index (χ3n) is 2.84. The molecule has 0 aliphatic carbocycles. The van der Waals surface area contributed by atoms with Gasteiger partial charge in [-0.1, -0.05) is 0 Å². The molecular weight excluding hydrogens is 192 g/mol. The van der Waals surface area contributed by atoms with Crippen molar-refractivity contribution in [2.45, 2.75) is 20.3 Å². The summed E-state index contributed by atoms with van der Waals surface area (Å²) in [6.45, 7) is 5.44. The fourth-order valence-corrected chi connectivity index (χ4v) is 1.90. The van der Waals surface area contributed by atoms with E-state index in [9.17, 15) is 0 Å². The van der Waals surface area contributed by atoms with Gasteiger partial charge in [-0.25, -0.2) is 0 Å². The number of benzene rings is 1. The Morgan fingerprint density at radius 2 is 2.00 bits per heavy atom. The molecule has 1 aliphatic rings. The molecule has 3 heteroatoms. The second kappa shape index (κ2) is 4.11. The SMILES string of the molecule is Cc1cc2c(c(CCO)c1C)OCCO2. The molecular formula is C12H16O3. The molecule has 0 saturated heterocycles. The molecule has 1 aromatic rings. The van der Waals surface area contributed by atoms with Crippen molar-refractivity contribution in [3.63, 3.8) is 0 Å². The van der Waals surface area contributed by atoms with Crippen LogP contribution in [0.25, 0.3) is 0 Å². The Kier molecular flexibility index (Phi) is 2.82. The first-order chi connectivity index (χ1) is 7.24. The predicted molar refractivity (Wildman–Crippen MR) is 57.7 cm³/mol. The molecule has 3 nitrogen and oxygen atoms in total. The smallest absolute Gasteiger partial charge is 0.164 e. The standard InChI is InChI=1S/C12H16O3/c1-8-7-11-12(15-6-5-14-11)10(3-4-13)9(8)2/h7,13H,3-6H2,1-2H3. The van der Waals surface area contributed by atoms with Crippen molar-refractivity contribution < 1.29 is 14.6 Å². The van der Waals surface area contributed by atoms with E-state index in [-0.39, 0.29) is 6.61 Å². The lowest BCUT2D eigenvalue weighted by Gasteiger charge is -2.23. The van der Waals surface area contributed by atoms with Gasteiger partial charge in [-0.2, -0.15) is 0 Å². The maximum absolute atomic E-state index is 9.04. The summed E-state index contributed by atoms with van der Waals surface area (Å²) >= 11 is 0. The van der Waals surface area contributed by atoms with Gasteiger partial charge in [-0.3, -0.25) is 0 Å². The van der Waals surface area contributed by atoms with Crippen molar-refractivity contribution >= 4 is 0 Å². The number of hydrogen-bond donors (Lipinski definition) is 1. The van der Waals surface area contributed by atoms with Crippen LogP contribution in [-0.2, 0) is 6.42 Å². The fourth-order valence-electron chi connectivity index (χ4n) is 1.90. The monoisotopic (exact) mass is 208 g/mol. The molecule has 0 unspecified atom stereocenters. The minimum absolute atomic E-state index is 0.139. The van der Waals surface area contributed by atoms with Gasteiger partial charge in [0.15, 0.2) is 11.5 Å². The highest BCUT2D eigenvalue weighted by Crippen LogP contribution is 2.37. The van der Waals surface area contributed by atoms with E-state index in [0.29, 0.717) is 19.6 Å². The van der Waals surface area contributed by atoms with E-state index in [1.807, 2.05) is 6.07 Å². The highest BCUT2D eigenvalue weighted by molar-refractivity contribution is 5.54. The minimum atomic E-state index is 0.139. The summed E-state index contributed by atoms with van der Waals surface area (Å²) in [5.41, 5.74) is 3.45. The zero-order valence-corrected chi connectivity index (χ0v) is 9.17. The van der Waals surface area contributed by atoms with Gasteiger partial charge in [0.2, 0.25) is 0 Å². The summed E-state index contributed by atoms with van der Waals surface area (Å²) in [6.07, 6.45) is 0.624. The number of hydrogen-bond acceptors (Lipinski definition) is 3. The molecule has 82 valence electrons. The van der Waals surface area contributed by atoms with E-state index in [1.54, 1.807) is 0 Å². The van der Waals surface area contributed by atoms with Gasteiger partial charge in [0.05, 0.1) is 0 Å². The molecule has 1 aliphatic heterocycles. The third-order valence-corrected chi connectivity index (χ3v) is 2.84. The number of aliphatic hydroxyl groups excluding tert-OH is 1. The van der Waals surface area contributed by atoms with Crippen LogP contribution in [0, 0.1) is 13.8 Å². The van der Waals surface area contributed by atoms with E-state index in [2.05, 4.69) is 13.8 Å². The zero-order valence-electron chi connectivity index (χ0n) is 9.17. The molecule has 0 spiro atoms. The first-order valence-corrected chi connectivity index (χ1v) is 5.23. The summed E-state index contributed by atoms with van der Waals surface area (Å²) in [6, 6.07) is 2.00. The molecule has 1 heterocycles. The van der Waals surface area contributed by atoms with Crippen LogP contribution < -0.4 is 9.47 Å². The molecule has 0 fully saturated rings. The Labute approximate surface area is 89.6 Å². The summed E-state index contributed by atoms with van der Waals surface area (Å²) in [7, 11) is 0. The van der Waals surface area contributed by atoms with E-state index >= 15 is 0 Å². The van der Waals surface area contributed by atoms with Crippen LogP contribution in [-0.4, -0.2) is 24.9 Å². The molecule has 0 atom stereocenters. The largest absolute Gasteiger partial charge is 0.486 e. The first-order valence-electron chi connectivity index (χ1n) is 5.23. The molecule has 1 aromatic carbocycles. The van der Waals surface area contributed by atoms with Crippen molar-refractivity contribution in [2.75, 3.05) is 19.8 Å². The number of rotatable bonds is 2. The minimum Gasteiger partial charge on any atom is -0.486 e. The molecule has 2 rings (SSSR count). The quantitative estimate of drug-likeness (QED) is 0.802. The molecule has 0 saturated carbocycles. The summed E-state index contributed by atoms with van der Waals surface area (Å²) in [5, 5.41) is 9.04. The van der Waals surface area contributed by atoms with E-state index in [4.69, 9.17) is 14.6 Å². The van der Waals surface area contributed by atoms with Gasteiger partial charge < -0.3 is 14.6 Å². The van der Waals surface area contributed by atoms with E-state index in [0.717, 1.165) is 17.1 Å². The molecule has 0 aromatic heterocycles. The second-order valence-electron chi connectivity index (χ2n) is 3.79. The van der Waals surface area contributed by atoms with Gasteiger partial charge in [-0.05, 0) is 37.5 Å². The lowest BCUT2D eigenvalue weighted by atomic mass is 9.99. The molecule has 0 bridgehead atoms. The fraction of sp³-hybridized carbons (Fsp3) is 0.500. The van der Waals surface area contributed by atoms with Gasteiger partial charge in [0.25, 0.3) is 0 Å². The second-order valence-corrected chi connectivity index (χ2v) is 3.79. The van der Waals surface area contributed by atoms with E-state index < -0.39 is 0 Å². The Bertz CT molecular complexity index is 372. The van der Waals surface area contributed by atoms with Crippen LogP contribution in [0.1, 0.15) is 16.7 Å². The number of aliphatic hydroxyl groups is 1. The third kappa shape index (κ3) is 1.79. The normalized spacial score (nSPS) is 14.1. The summed E-state index contributed by atoms with van der Waals surface area (Å²) < 4.78 is 11.1. The topological polar surface area (TPSA) is 38.7 Å². The van der Waals surface area contributed by atoms with Crippen molar-refractivity contribution in [2.24, 2.45) is 0 Å². The van der Waals surface area contributed by atoms with Crippen molar-refractivity contribution in [1.29, 1.82) is 0 Å². The van der Waals surface area contributed by atoms with Crippen molar-refractivity contribution in [3.8, 4) is 11.5 Å². The molecule has 0 amide bonds. The Balaban J connectivity index is 2.52. The lowest BCUT2D eigenvalue weighted by molar-refractivity contribution is 0.168. The maximum Gasteiger partial charge on any atom is 0.164 e. The molecule has 15 heavy (non-hydrogen) atoms. The number of fused-ring (bicyclic) bond motifs is 1. The maximum atomic E-state index is 9.04. The average molecular weight is 208 g/mol. The van der Waals surface area contributed by atoms with E-state index in [1.165, 1.54) is 11.1 Å². The summed E-state index contributed by atoms with van der Waals surface area (Å²) in [4.78, 5) is 0. The van der Waals surface area contributed by atoms with Gasteiger partial charge >= 0.3 is 0 Å². The van der Waals surface area contributed by atoms with Gasteiger partial charge in [0.1, 0.15) is 13.2 Å². The highest BCUT2D eigenvalue weighted by atomic mass is 16.6.